The molecule has 1 unspecified atom stereocenters. The topological polar surface area (TPSA) is 47.3 Å². The Balaban J connectivity index is 1.88. The van der Waals surface area contributed by atoms with E-state index in [4.69, 9.17) is 10.5 Å². The lowest BCUT2D eigenvalue weighted by Gasteiger charge is -2.22. The van der Waals surface area contributed by atoms with E-state index in [9.17, 15) is 0 Å². The summed E-state index contributed by atoms with van der Waals surface area (Å²) in [6, 6.07) is 16.7. The van der Waals surface area contributed by atoms with Crippen LogP contribution in [0.25, 0.3) is 0 Å². The van der Waals surface area contributed by atoms with Crippen molar-refractivity contribution in [3.63, 3.8) is 0 Å². The fourth-order valence-corrected chi connectivity index (χ4v) is 2.81. The fourth-order valence-electron chi connectivity index (χ4n) is 2.81. The van der Waals surface area contributed by atoms with E-state index in [2.05, 4.69) is 29.6 Å². The Morgan fingerprint density at radius 2 is 1.86 bits per heavy atom. The van der Waals surface area contributed by atoms with Gasteiger partial charge in [-0.25, -0.2) is 0 Å². The molecule has 1 aliphatic carbocycles. The number of ether oxygens (including phenoxy) is 1. The molecule has 3 nitrogen and oxygen atoms in total. The molecule has 21 heavy (non-hydrogen) atoms. The number of methoxy groups -OCH3 is 1. The largest absolute Gasteiger partial charge is 0.495 e. The molecule has 0 aliphatic heterocycles. The van der Waals surface area contributed by atoms with Gasteiger partial charge in [0.25, 0.3) is 0 Å². The lowest BCUT2D eigenvalue weighted by atomic mass is 9.97. The van der Waals surface area contributed by atoms with E-state index in [0.717, 1.165) is 17.4 Å². The summed E-state index contributed by atoms with van der Waals surface area (Å²) in [5.41, 5.74) is 9.77. The molecular weight excluding hydrogens is 260 g/mol. The summed E-state index contributed by atoms with van der Waals surface area (Å²) in [6.07, 6.45) is 2.59. The van der Waals surface area contributed by atoms with E-state index in [1.54, 1.807) is 7.11 Å². The van der Waals surface area contributed by atoms with Crippen LogP contribution in [0.2, 0.25) is 0 Å². The average molecular weight is 282 g/mol. The number of nitrogens with two attached hydrogens (primary N) is 1. The van der Waals surface area contributed by atoms with E-state index in [1.165, 1.54) is 24.0 Å². The molecule has 0 bridgehead atoms. The average Bonchev–Trinajstić information content (AvgIpc) is 3.38. The molecule has 3 heteroatoms. The molecule has 1 atom stereocenters. The second kappa shape index (κ2) is 6.19. The van der Waals surface area contributed by atoms with Crippen molar-refractivity contribution < 1.29 is 4.74 Å². The highest BCUT2D eigenvalue weighted by molar-refractivity contribution is 5.58. The van der Waals surface area contributed by atoms with Gasteiger partial charge in [-0.2, -0.15) is 0 Å². The quantitative estimate of drug-likeness (QED) is 0.849. The highest BCUT2D eigenvalue weighted by Gasteiger charge is 2.27. The van der Waals surface area contributed by atoms with E-state index in [0.29, 0.717) is 6.54 Å². The molecule has 0 spiro atoms. The van der Waals surface area contributed by atoms with Gasteiger partial charge in [0.15, 0.2) is 0 Å². The molecule has 0 radical (unpaired) electrons. The van der Waals surface area contributed by atoms with Gasteiger partial charge in [0.2, 0.25) is 0 Å². The Hall–Kier alpha value is -2.00. The summed E-state index contributed by atoms with van der Waals surface area (Å²) in [4.78, 5) is 0. The lowest BCUT2D eigenvalue weighted by molar-refractivity contribution is 0.416. The van der Waals surface area contributed by atoms with Gasteiger partial charge >= 0.3 is 0 Å². The maximum Gasteiger partial charge on any atom is 0.141 e. The van der Waals surface area contributed by atoms with Gasteiger partial charge in [0.05, 0.1) is 18.8 Å². The smallest absolute Gasteiger partial charge is 0.141 e. The van der Waals surface area contributed by atoms with Gasteiger partial charge in [-0.1, -0.05) is 36.4 Å². The van der Waals surface area contributed by atoms with Crippen molar-refractivity contribution in [1.29, 1.82) is 0 Å². The Labute approximate surface area is 126 Å². The van der Waals surface area contributed by atoms with Crippen molar-refractivity contribution in [3.8, 4) is 5.75 Å². The Kier molecular flexibility index (Phi) is 4.11. The first-order valence-electron chi connectivity index (χ1n) is 7.52. The normalized spacial score (nSPS) is 15.5. The van der Waals surface area contributed by atoms with Crippen LogP contribution in [0.15, 0.2) is 48.5 Å². The summed E-state index contributed by atoms with van der Waals surface area (Å²) < 4.78 is 5.41. The summed E-state index contributed by atoms with van der Waals surface area (Å²) in [5, 5.41) is 3.54. The van der Waals surface area contributed by atoms with Crippen LogP contribution in [0.1, 0.15) is 35.9 Å². The van der Waals surface area contributed by atoms with Crippen LogP contribution in [0.3, 0.4) is 0 Å². The standard InChI is InChI=1S/C18H22N2O/c1-21-18-9-5-4-8-16(18)20-17(12-19)15-7-3-2-6-14(15)13-10-11-13/h2-9,13,17,20H,10-12,19H2,1H3. The predicted molar refractivity (Wildman–Crippen MR) is 86.8 cm³/mol. The highest BCUT2D eigenvalue weighted by atomic mass is 16.5. The highest BCUT2D eigenvalue weighted by Crippen LogP contribution is 2.43. The van der Waals surface area contributed by atoms with Crippen molar-refractivity contribution in [3.05, 3.63) is 59.7 Å². The number of hydrogen-bond donors (Lipinski definition) is 2. The van der Waals surface area contributed by atoms with E-state index in [1.807, 2.05) is 24.3 Å². The van der Waals surface area contributed by atoms with Gasteiger partial charge in [0.1, 0.15) is 5.75 Å². The molecule has 1 saturated carbocycles. The Morgan fingerprint density at radius 3 is 2.57 bits per heavy atom. The maximum atomic E-state index is 6.03. The third kappa shape index (κ3) is 3.03. The summed E-state index contributed by atoms with van der Waals surface area (Å²) in [5.74, 6) is 1.56. The molecule has 3 rings (SSSR count). The first-order chi connectivity index (χ1) is 10.3. The minimum atomic E-state index is 0.109. The van der Waals surface area contributed by atoms with Crippen molar-refractivity contribution in [2.24, 2.45) is 5.73 Å². The van der Waals surface area contributed by atoms with Crippen LogP contribution < -0.4 is 15.8 Å². The minimum absolute atomic E-state index is 0.109. The second-order valence-corrected chi connectivity index (χ2v) is 5.54. The molecule has 0 amide bonds. The molecule has 0 heterocycles. The Bertz CT molecular complexity index is 608. The molecule has 1 aliphatic rings. The zero-order chi connectivity index (χ0) is 14.7. The van der Waals surface area contributed by atoms with Crippen molar-refractivity contribution in [2.75, 3.05) is 19.0 Å². The van der Waals surface area contributed by atoms with Crippen LogP contribution in [0.4, 0.5) is 5.69 Å². The van der Waals surface area contributed by atoms with Crippen molar-refractivity contribution >= 4 is 5.69 Å². The van der Waals surface area contributed by atoms with Crippen LogP contribution in [-0.4, -0.2) is 13.7 Å². The minimum Gasteiger partial charge on any atom is -0.495 e. The molecule has 1 fully saturated rings. The van der Waals surface area contributed by atoms with Crippen molar-refractivity contribution in [2.45, 2.75) is 24.8 Å². The predicted octanol–water partition coefficient (Wildman–Crippen LogP) is 3.68. The maximum absolute atomic E-state index is 6.03. The van der Waals surface area contributed by atoms with Gasteiger partial charge in [-0.3, -0.25) is 0 Å². The molecule has 0 aromatic heterocycles. The number of nitrogens with one attached hydrogen (secondary N) is 1. The van der Waals surface area contributed by atoms with Gasteiger partial charge in [-0.15, -0.1) is 0 Å². The molecule has 2 aromatic rings. The fraction of sp³-hybridized carbons (Fsp3) is 0.333. The molecule has 3 N–H and O–H groups in total. The van der Waals surface area contributed by atoms with Crippen molar-refractivity contribution in [1.82, 2.24) is 0 Å². The van der Waals surface area contributed by atoms with E-state index < -0.39 is 0 Å². The third-order valence-corrected chi connectivity index (χ3v) is 4.06. The molecular formula is C18H22N2O. The summed E-state index contributed by atoms with van der Waals surface area (Å²) in [6.45, 7) is 0.557. The van der Waals surface area contributed by atoms with Crippen LogP contribution in [0, 0.1) is 0 Å². The number of anilines is 1. The SMILES string of the molecule is COc1ccccc1NC(CN)c1ccccc1C1CC1. The monoisotopic (exact) mass is 282 g/mol. The zero-order valence-electron chi connectivity index (χ0n) is 12.4. The first-order valence-corrected chi connectivity index (χ1v) is 7.52. The summed E-state index contributed by atoms with van der Waals surface area (Å²) in [7, 11) is 1.69. The number of hydrogen-bond acceptors (Lipinski definition) is 3. The number of para-hydroxylation sites is 2. The van der Waals surface area contributed by atoms with Gasteiger partial charge in [0, 0.05) is 6.54 Å². The van der Waals surface area contributed by atoms with Crippen LogP contribution in [0.5, 0.6) is 5.75 Å². The molecule has 2 aromatic carbocycles. The van der Waals surface area contributed by atoms with E-state index in [-0.39, 0.29) is 6.04 Å². The first kappa shape index (κ1) is 14.0. The van der Waals surface area contributed by atoms with E-state index >= 15 is 0 Å². The van der Waals surface area contributed by atoms with Gasteiger partial charge in [-0.05, 0) is 42.0 Å². The second-order valence-electron chi connectivity index (χ2n) is 5.54. The molecule has 0 saturated heterocycles. The number of rotatable bonds is 6. The molecule has 110 valence electrons. The third-order valence-electron chi connectivity index (χ3n) is 4.06. The number of benzene rings is 2. The summed E-state index contributed by atoms with van der Waals surface area (Å²) >= 11 is 0. The van der Waals surface area contributed by atoms with Crippen LogP contribution in [-0.2, 0) is 0 Å². The lowest BCUT2D eigenvalue weighted by Crippen LogP contribution is -2.22. The van der Waals surface area contributed by atoms with Gasteiger partial charge < -0.3 is 15.8 Å². The Morgan fingerprint density at radius 1 is 1.14 bits per heavy atom. The van der Waals surface area contributed by atoms with Crippen LogP contribution >= 0.6 is 0 Å². The zero-order valence-corrected chi connectivity index (χ0v) is 12.4.